The Balaban J connectivity index is 2.35. The summed E-state index contributed by atoms with van der Waals surface area (Å²) in [5.74, 6) is -0.0670. The van der Waals surface area contributed by atoms with Crippen LogP contribution < -0.4 is 5.32 Å². The quantitative estimate of drug-likeness (QED) is 0.575. The summed E-state index contributed by atoms with van der Waals surface area (Å²) in [6.07, 6.45) is 8.11. The maximum atomic E-state index is 11.4. The fraction of sp³-hybridized carbons (Fsp3) is 0.400. The van der Waals surface area contributed by atoms with Gasteiger partial charge in [0.2, 0.25) is 0 Å². The standard InChI is InChI=1S/C10H15N3O/c1-3-4-5-6-11-10(14)9-7-12-13(2)8-9/h3-4,7-8H,5-6H2,1-2H3,(H,11,14)/b4-3+. The smallest absolute Gasteiger partial charge is 0.254 e. The lowest BCUT2D eigenvalue weighted by molar-refractivity contribution is 0.0954. The Morgan fingerprint density at radius 3 is 3.07 bits per heavy atom. The van der Waals surface area contributed by atoms with Crippen LogP contribution in [0.4, 0.5) is 0 Å². The highest BCUT2D eigenvalue weighted by Gasteiger charge is 2.05. The number of allylic oxidation sites excluding steroid dienone is 1. The summed E-state index contributed by atoms with van der Waals surface area (Å²) in [6, 6.07) is 0. The molecule has 76 valence electrons. The number of nitrogens with one attached hydrogen (secondary N) is 1. The molecule has 0 saturated carbocycles. The van der Waals surface area contributed by atoms with Crippen LogP contribution in [0.25, 0.3) is 0 Å². The molecule has 1 amide bonds. The van der Waals surface area contributed by atoms with Crippen molar-refractivity contribution in [1.82, 2.24) is 15.1 Å². The van der Waals surface area contributed by atoms with E-state index in [1.807, 2.05) is 19.1 Å². The largest absolute Gasteiger partial charge is 0.352 e. The van der Waals surface area contributed by atoms with Crippen molar-refractivity contribution in [3.8, 4) is 0 Å². The van der Waals surface area contributed by atoms with Crippen molar-refractivity contribution in [3.63, 3.8) is 0 Å². The first-order valence-corrected chi connectivity index (χ1v) is 4.62. The maximum absolute atomic E-state index is 11.4. The van der Waals surface area contributed by atoms with E-state index in [1.54, 1.807) is 24.1 Å². The molecule has 0 aliphatic rings. The van der Waals surface area contributed by atoms with Crippen LogP contribution in [0.3, 0.4) is 0 Å². The normalized spacial score (nSPS) is 10.7. The van der Waals surface area contributed by atoms with E-state index in [2.05, 4.69) is 10.4 Å². The number of aromatic nitrogens is 2. The average molecular weight is 193 g/mol. The molecule has 14 heavy (non-hydrogen) atoms. The maximum Gasteiger partial charge on any atom is 0.254 e. The monoisotopic (exact) mass is 193 g/mol. The van der Waals surface area contributed by atoms with Crippen molar-refractivity contribution < 1.29 is 4.79 Å². The Bertz CT molecular complexity index is 328. The van der Waals surface area contributed by atoms with Gasteiger partial charge in [-0.2, -0.15) is 5.10 Å². The molecule has 0 aliphatic carbocycles. The van der Waals surface area contributed by atoms with Gasteiger partial charge in [0.1, 0.15) is 0 Å². The molecule has 0 aromatic carbocycles. The molecule has 1 aromatic rings. The summed E-state index contributed by atoms with van der Waals surface area (Å²) in [4.78, 5) is 11.4. The fourth-order valence-corrected chi connectivity index (χ4v) is 1.08. The lowest BCUT2D eigenvalue weighted by atomic mass is 10.3. The molecule has 0 aliphatic heterocycles. The van der Waals surface area contributed by atoms with Crippen LogP contribution in [-0.4, -0.2) is 22.2 Å². The van der Waals surface area contributed by atoms with Crippen LogP contribution >= 0.6 is 0 Å². The Labute approximate surface area is 83.6 Å². The summed E-state index contributed by atoms with van der Waals surface area (Å²) >= 11 is 0. The predicted molar refractivity (Wildman–Crippen MR) is 55.0 cm³/mol. The van der Waals surface area contributed by atoms with Crippen LogP contribution in [0.2, 0.25) is 0 Å². The van der Waals surface area contributed by atoms with Gasteiger partial charge in [0.05, 0.1) is 11.8 Å². The van der Waals surface area contributed by atoms with E-state index in [9.17, 15) is 4.79 Å². The highest BCUT2D eigenvalue weighted by atomic mass is 16.1. The van der Waals surface area contributed by atoms with E-state index >= 15 is 0 Å². The summed E-state index contributed by atoms with van der Waals surface area (Å²) in [7, 11) is 1.79. The molecule has 1 rings (SSSR count). The van der Waals surface area contributed by atoms with Gasteiger partial charge in [0.25, 0.3) is 5.91 Å². The minimum absolute atomic E-state index is 0.0670. The zero-order chi connectivity index (χ0) is 10.4. The second-order valence-electron chi connectivity index (χ2n) is 3.02. The highest BCUT2D eigenvalue weighted by molar-refractivity contribution is 5.93. The Morgan fingerprint density at radius 2 is 2.50 bits per heavy atom. The van der Waals surface area contributed by atoms with Gasteiger partial charge in [-0.15, -0.1) is 0 Å². The molecule has 0 radical (unpaired) electrons. The first kappa shape index (κ1) is 10.5. The Morgan fingerprint density at radius 1 is 1.71 bits per heavy atom. The second-order valence-corrected chi connectivity index (χ2v) is 3.02. The molecule has 1 N–H and O–H groups in total. The van der Waals surface area contributed by atoms with Crippen LogP contribution in [0, 0.1) is 0 Å². The number of hydrogen-bond donors (Lipinski definition) is 1. The third-order valence-corrected chi connectivity index (χ3v) is 1.80. The third-order valence-electron chi connectivity index (χ3n) is 1.80. The van der Waals surface area contributed by atoms with Crippen LogP contribution in [-0.2, 0) is 7.05 Å². The molecule has 0 unspecified atom stereocenters. The lowest BCUT2D eigenvalue weighted by Crippen LogP contribution is -2.23. The van der Waals surface area contributed by atoms with Crippen molar-refractivity contribution in [2.24, 2.45) is 7.05 Å². The second kappa shape index (κ2) is 5.21. The number of amides is 1. The fourth-order valence-electron chi connectivity index (χ4n) is 1.08. The van der Waals surface area contributed by atoms with Crippen LogP contribution in [0.1, 0.15) is 23.7 Å². The van der Waals surface area contributed by atoms with Gasteiger partial charge in [-0.05, 0) is 13.3 Å². The van der Waals surface area contributed by atoms with Gasteiger partial charge in [-0.1, -0.05) is 12.2 Å². The van der Waals surface area contributed by atoms with E-state index in [0.29, 0.717) is 12.1 Å². The molecule has 1 aromatic heterocycles. The number of nitrogens with zero attached hydrogens (tertiary/aromatic N) is 2. The van der Waals surface area contributed by atoms with E-state index in [1.165, 1.54) is 0 Å². The van der Waals surface area contributed by atoms with Gasteiger partial charge < -0.3 is 5.32 Å². The van der Waals surface area contributed by atoms with E-state index < -0.39 is 0 Å². The lowest BCUT2D eigenvalue weighted by Gasteiger charge is -1.99. The zero-order valence-electron chi connectivity index (χ0n) is 8.53. The number of hydrogen-bond acceptors (Lipinski definition) is 2. The third kappa shape index (κ3) is 3.05. The first-order valence-electron chi connectivity index (χ1n) is 4.62. The van der Waals surface area contributed by atoms with Crippen LogP contribution in [0.5, 0.6) is 0 Å². The van der Waals surface area contributed by atoms with Gasteiger partial charge in [0, 0.05) is 19.8 Å². The highest BCUT2D eigenvalue weighted by Crippen LogP contribution is 1.95. The minimum Gasteiger partial charge on any atom is -0.352 e. The van der Waals surface area contributed by atoms with Crippen molar-refractivity contribution >= 4 is 5.91 Å². The van der Waals surface area contributed by atoms with Crippen molar-refractivity contribution in [3.05, 3.63) is 30.1 Å². The molecule has 0 bridgehead atoms. The van der Waals surface area contributed by atoms with Crippen molar-refractivity contribution in [1.29, 1.82) is 0 Å². The van der Waals surface area contributed by atoms with E-state index in [0.717, 1.165) is 6.42 Å². The molecule has 4 heteroatoms. The number of carbonyl (C=O) groups excluding carboxylic acids is 1. The molecule has 0 fully saturated rings. The first-order chi connectivity index (χ1) is 6.74. The van der Waals surface area contributed by atoms with Gasteiger partial charge >= 0.3 is 0 Å². The van der Waals surface area contributed by atoms with E-state index in [4.69, 9.17) is 0 Å². The molecule has 0 saturated heterocycles. The molecular weight excluding hydrogens is 178 g/mol. The topological polar surface area (TPSA) is 46.9 Å². The molecule has 0 atom stereocenters. The SMILES string of the molecule is C/C=C/CCNC(=O)c1cnn(C)c1. The van der Waals surface area contributed by atoms with E-state index in [-0.39, 0.29) is 5.91 Å². The molecular formula is C10H15N3O. The van der Waals surface area contributed by atoms with Crippen molar-refractivity contribution in [2.75, 3.05) is 6.54 Å². The summed E-state index contributed by atoms with van der Waals surface area (Å²) in [5.41, 5.74) is 0.605. The van der Waals surface area contributed by atoms with Gasteiger partial charge in [-0.25, -0.2) is 0 Å². The van der Waals surface area contributed by atoms with Gasteiger partial charge in [0.15, 0.2) is 0 Å². The van der Waals surface area contributed by atoms with Crippen LogP contribution in [0.15, 0.2) is 24.5 Å². The van der Waals surface area contributed by atoms with Crippen molar-refractivity contribution in [2.45, 2.75) is 13.3 Å². The summed E-state index contributed by atoms with van der Waals surface area (Å²) in [6.45, 7) is 2.63. The summed E-state index contributed by atoms with van der Waals surface area (Å²) < 4.78 is 1.61. The number of rotatable bonds is 4. The predicted octanol–water partition coefficient (Wildman–Crippen LogP) is 1.12. The molecule has 4 nitrogen and oxygen atoms in total. The van der Waals surface area contributed by atoms with Gasteiger partial charge in [-0.3, -0.25) is 9.48 Å². The Hall–Kier alpha value is -1.58. The minimum atomic E-state index is -0.0670. The average Bonchev–Trinajstić information content (AvgIpc) is 2.59. The molecule has 1 heterocycles. The summed E-state index contributed by atoms with van der Waals surface area (Å²) in [5, 5.41) is 6.73. The number of aryl methyl sites for hydroxylation is 1. The zero-order valence-corrected chi connectivity index (χ0v) is 8.53. The molecule has 0 spiro atoms. The Kier molecular flexibility index (Phi) is 3.91. The number of carbonyl (C=O) groups is 1.